The summed E-state index contributed by atoms with van der Waals surface area (Å²) in [5.74, 6) is 0. The Hall–Kier alpha value is -2.52. The predicted octanol–water partition coefficient (Wildman–Crippen LogP) is 5.04. The largest absolute Gasteiger partial charge is 0.340 e. The van der Waals surface area contributed by atoms with E-state index in [1.54, 1.807) is 0 Å². The van der Waals surface area contributed by atoms with E-state index in [1.165, 1.54) is 22.5 Å². The maximum atomic E-state index is 6.00. The fourth-order valence-electron chi connectivity index (χ4n) is 2.92. The zero-order valence-electron chi connectivity index (χ0n) is 12.8. The highest BCUT2D eigenvalue weighted by atomic mass is 35.5. The van der Waals surface area contributed by atoms with Crippen LogP contribution in [0.25, 0.3) is 22.2 Å². The molecule has 4 rings (SSSR count). The van der Waals surface area contributed by atoms with E-state index in [9.17, 15) is 0 Å². The second-order valence-corrected chi connectivity index (χ2v) is 6.18. The number of nitrogens with zero attached hydrogens (tertiary/aromatic N) is 2. The van der Waals surface area contributed by atoms with Gasteiger partial charge in [0.15, 0.2) is 0 Å². The SMILES string of the molecule is Cc1ccc(-c2ccc(Cl)cc2)n1Cc1ccc2cn[nH]c2c1. The van der Waals surface area contributed by atoms with Gasteiger partial charge in [0.05, 0.1) is 11.7 Å². The van der Waals surface area contributed by atoms with Gasteiger partial charge in [-0.25, -0.2) is 0 Å². The summed E-state index contributed by atoms with van der Waals surface area (Å²) in [4.78, 5) is 0. The van der Waals surface area contributed by atoms with Gasteiger partial charge in [0, 0.05) is 28.3 Å². The molecule has 114 valence electrons. The molecule has 0 saturated heterocycles. The molecule has 3 nitrogen and oxygen atoms in total. The van der Waals surface area contributed by atoms with Crippen LogP contribution in [0.1, 0.15) is 11.3 Å². The molecule has 2 heterocycles. The summed E-state index contributed by atoms with van der Waals surface area (Å²) in [7, 11) is 0. The number of nitrogens with one attached hydrogen (secondary N) is 1. The van der Waals surface area contributed by atoms with Crippen LogP contribution < -0.4 is 0 Å². The molecule has 0 spiro atoms. The summed E-state index contributed by atoms with van der Waals surface area (Å²) < 4.78 is 2.32. The van der Waals surface area contributed by atoms with Crippen LogP contribution in [0.15, 0.2) is 60.8 Å². The first-order chi connectivity index (χ1) is 11.2. The van der Waals surface area contributed by atoms with Crippen LogP contribution in [-0.4, -0.2) is 14.8 Å². The predicted molar refractivity (Wildman–Crippen MR) is 94.8 cm³/mol. The van der Waals surface area contributed by atoms with Gasteiger partial charge in [0.25, 0.3) is 0 Å². The zero-order valence-corrected chi connectivity index (χ0v) is 13.5. The van der Waals surface area contributed by atoms with E-state index in [4.69, 9.17) is 11.6 Å². The first-order valence-electron chi connectivity index (χ1n) is 7.55. The number of halogens is 1. The average Bonchev–Trinajstić information content (AvgIpc) is 3.16. The summed E-state index contributed by atoms with van der Waals surface area (Å²) in [6.45, 7) is 2.96. The van der Waals surface area contributed by atoms with Crippen molar-refractivity contribution in [3.8, 4) is 11.3 Å². The fourth-order valence-corrected chi connectivity index (χ4v) is 3.04. The van der Waals surface area contributed by atoms with Crippen LogP contribution in [-0.2, 0) is 6.54 Å². The molecule has 23 heavy (non-hydrogen) atoms. The average molecular weight is 322 g/mol. The highest BCUT2D eigenvalue weighted by Gasteiger charge is 2.09. The van der Waals surface area contributed by atoms with Gasteiger partial charge in [-0.05, 0) is 48.4 Å². The van der Waals surface area contributed by atoms with Crippen molar-refractivity contribution >= 4 is 22.5 Å². The lowest BCUT2D eigenvalue weighted by atomic mass is 10.1. The minimum atomic E-state index is 0.758. The van der Waals surface area contributed by atoms with Gasteiger partial charge in [0.2, 0.25) is 0 Å². The standard InChI is InChI=1S/C19H16ClN3/c1-13-2-9-19(15-5-7-17(20)8-6-15)23(13)12-14-3-4-16-11-21-22-18(16)10-14/h2-11H,12H2,1H3,(H,21,22). The van der Waals surface area contributed by atoms with E-state index in [2.05, 4.69) is 64.2 Å². The first kappa shape index (κ1) is 14.1. The maximum Gasteiger partial charge on any atom is 0.0653 e. The minimum absolute atomic E-state index is 0.758. The molecule has 4 heteroatoms. The lowest BCUT2D eigenvalue weighted by Gasteiger charge is -2.12. The molecule has 0 aliphatic rings. The van der Waals surface area contributed by atoms with Crippen LogP contribution in [0.5, 0.6) is 0 Å². The highest BCUT2D eigenvalue weighted by molar-refractivity contribution is 6.30. The molecule has 0 aliphatic carbocycles. The Labute approximate surface area is 139 Å². The smallest absolute Gasteiger partial charge is 0.0653 e. The topological polar surface area (TPSA) is 33.6 Å². The van der Waals surface area contributed by atoms with Gasteiger partial charge in [-0.1, -0.05) is 35.9 Å². The lowest BCUT2D eigenvalue weighted by Crippen LogP contribution is -2.03. The van der Waals surface area contributed by atoms with Gasteiger partial charge in [-0.3, -0.25) is 5.10 Å². The monoisotopic (exact) mass is 321 g/mol. The molecule has 0 bridgehead atoms. The van der Waals surface area contributed by atoms with Crippen molar-refractivity contribution in [2.24, 2.45) is 0 Å². The Morgan fingerprint density at radius 3 is 2.70 bits per heavy atom. The number of hydrogen-bond donors (Lipinski definition) is 1. The number of fused-ring (bicyclic) bond motifs is 1. The Kier molecular flexibility index (Phi) is 3.43. The van der Waals surface area contributed by atoms with Gasteiger partial charge < -0.3 is 4.57 Å². The van der Waals surface area contributed by atoms with Gasteiger partial charge in [0.1, 0.15) is 0 Å². The van der Waals surface area contributed by atoms with Crippen molar-refractivity contribution in [3.63, 3.8) is 0 Å². The normalized spacial score (nSPS) is 11.2. The third-order valence-electron chi connectivity index (χ3n) is 4.19. The Bertz CT molecular complexity index is 964. The molecule has 0 unspecified atom stereocenters. The molecule has 0 atom stereocenters. The molecule has 2 aromatic carbocycles. The summed E-state index contributed by atoms with van der Waals surface area (Å²) in [6.07, 6.45) is 1.85. The van der Waals surface area contributed by atoms with E-state index in [-0.39, 0.29) is 0 Å². The van der Waals surface area contributed by atoms with Crippen LogP contribution >= 0.6 is 11.6 Å². The Balaban J connectivity index is 1.73. The summed E-state index contributed by atoms with van der Waals surface area (Å²) in [6, 6.07) is 18.7. The molecule has 0 saturated carbocycles. The van der Waals surface area contributed by atoms with Crippen molar-refractivity contribution in [2.75, 3.05) is 0 Å². The third-order valence-corrected chi connectivity index (χ3v) is 4.44. The number of aromatic nitrogens is 3. The van der Waals surface area contributed by atoms with E-state index in [1.807, 2.05) is 18.3 Å². The quantitative estimate of drug-likeness (QED) is 0.563. The van der Waals surface area contributed by atoms with Gasteiger partial charge in [-0.15, -0.1) is 0 Å². The van der Waals surface area contributed by atoms with E-state index < -0.39 is 0 Å². The molecule has 0 radical (unpaired) electrons. The molecule has 1 N–H and O–H groups in total. The number of H-pyrrole nitrogens is 1. The molecule has 0 aliphatic heterocycles. The second-order valence-electron chi connectivity index (χ2n) is 5.74. The van der Waals surface area contributed by atoms with Crippen LogP contribution in [0.3, 0.4) is 0 Å². The van der Waals surface area contributed by atoms with Crippen LogP contribution in [0, 0.1) is 6.92 Å². The third kappa shape index (κ3) is 2.64. The molecule has 0 fully saturated rings. The number of rotatable bonds is 3. The van der Waals surface area contributed by atoms with Crippen molar-refractivity contribution in [3.05, 3.63) is 77.1 Å². The summed E-state index contributed by atoms with van der Waals surface area (Å²) >= 11 is 6.00. The van der Waals surface area contributed by atoms with Crippen molar-refractivity contribution in [2.45, 2.75) is 13.5 Å². The fraction of sp³-hybridized carbons (Fsp3) is 0.105. The number of benzene rings is 2. The minimum Gasteiger partial charge on any atom is -0.340 e. The lowest BCUT2D eigenvalue weighted by molar-refractivity contribution is 0.785. The first-order valence-corrected chi connectivity index (χ1v) is 7.92. The van der Waals surface area contributed by atoms with E-state index in [0.717, 1.165) is 22.5 Å². The summed E-state index contributed by atoms with van der Waals surface area (Å²) in [5, 5.41) is 9.01. The molecular formula is C19H16ClN3. The summed E-state index contributed by atoms with van der Waals surface area (Å²) in [5.41, 5.74) is 5.92. The highest BCUT2D eigenvalue weighted by Crippen LogP contribution is 2.25. The second kappa shape index (κ2) is 5.60. The number of hydrogen-bond acceptors (Lipinski definition) is 1. The van der Waals surface area contributed by atoms with Crippen LogP contribution in [0.4, 0.5) is 0 Å². The molecule has 4 aromatic rings. The maximum absolute atomic E-state index is 6.00. The number of aromatic amines is 1. The number of aryl methyl sites for hydroxylation is 1. The van der Waals surface area contributed by atoms with Crippen molar-refractivity contribution in [1.82, 2.24) is 14.8 Å². The van der Waals surface area contributed by atoms with Gasteiger partial charge in [-0.2, -0.15) is 5.10 Å². The molecule has 0 amide bonds. The Morgan fingerprint density at radius 2 is 1.87 bits per heavy atom. The zero-order chi connectivity index (χ0) is 15.8. The van der Waals surface area contributed by atoms with Crippen molar-refractivity contribution < 1.29 is 0 Å². The van der Waals surface area contributed by atoms with E-state index in [0.29, 0.717) is 0 Å². The molecule has 2 aromatic heterocycles. The molecular weight excluding hydrogens is 306 g/mol. The van der Waals surface area contributed by atoms with E-state index >= 15 is 0 Å². The van der Waals surface area contributed by atoms with Crippen LogP contribution in [0.2, 0.25) is 5.02 Å². The van der Waals surface area contributed by atoms with Crippen molar-refractivity contribution in [1.29, 1.82) is 0 Å². The van der Waals surface area contributed by atoms with Gasteiger partial charge >= 0.3 is 0 Å². The Morgan fingerprint density at radius 1 is 1.04 bits per heavy atom.